The van der Waals surface area contributed by atoms with Gasteiger partial charge in [0.05, 0.1) is 12.2 Å². The Morgan fingerprint density at radius 3 is 0.717 bits per heavy atom. The number of halogens is 1. The third-order valence-corrected chi connectivity index (χ3v) is 9.50. The average molecular weight is 678 g/mol. The van der Waals surface area contributed by atoms with Gasteiger partial charge in [0.2, 0.25) is 0 Å². The minimum atomic E-state index is -1.36. The number of carbonyl (C=O) groups is 1. The summed E-state index contributed by atoms with van der Waals surface area (Å²) in [5.41, 5.74) is -1.36. The van der Waals surface area contributed by atoms with Crippen molar-refractivity contribution in [3.05, 3.63) is 0 Å². The first-order valence-corrected chi connectivity index (χ1v) is 20.7. The number of carboxylic acid groups (broad SMARTS) is 1. The maximum atomic E-state index is 10.3. The molecule has 278 valence electrons. The first-order valence-electron chi connectivity index (χ1n) is 20.3. The Morgan fingerprint density at radius 2 is 0.543 bits per heavy atom. The van der Waals surface area contributed by atoms with E-state index in [9.17, 15) is 15.3 Å². The van der Waals surface area contributed by atoms with Crippen LogP contribution in [0.25, 0.3) is 0 Å². The van der Waals surface area contributed by atoms with E-state index in [-0.39, 0.29) is 0 Å². The minimum absolute atomic E-state index is 0.607. The van der Waals surface area contributed by atoms with Crippen molar-refractivity contribution < 1.29 is 25.2 Å². The van der Waals surface area contributed by atoms with Gasteiger partial charge in [-0.15, -0.1) is 0 Å². The van der Waals surface area contributed by atoms with Crippen LogP contribution >= 0.6 is 11.6 Å². The molecule has 46 heavy (non-hydrogen) atoms. The number of aliphatic hydroxyl groups is 3. The van der Waals surface area contributed by atoms with Crippen LogP contribution in [-0.4, -0.2) is 44.2 Å². The van der Waals surface area contributed by atoms with Crippen molar-refractivity contribution in [2.24, 2.45) is 0 Å². The fourth-order valence-corrected chi connectivity index (χ4v) is 6.40. The standard InChI is InChI=1S/C39H80O3.CHClO2/c1-3-5-7-9-11-13-15-17-19-21-23-25-27-29-31-33-35-37(40)39(42)38(41)36-34-32-30-28-26-24-22-20-18-16-14-12-10-8-6-4-2;2-1(3)4/h37-42H,3-36H2,1-2H3;(H,3,4). The summed E-state index contributed by atoms with van der Waals surface area (Å²) in [7, 11) is 0. The lowest BCUT2D eigenvalue weighted by molar-refractivity contribution is -0.0653. The second-order valence-electron chi connectivity index (χ2n) is 14.1. The van der Waals surface area contributed by atoms with Gasteiger partial charge in [0, 0.05) is 11.6 Å². The highest BCUT2D eigenvalue weighted by molar-refractivity contribution is 6.60. The van der Waals surface area contributed by atoms with Crippen LogP contribution in [0.5, 0.6) is 0 Å². The molecule has 6 heteroatoms. The summed E-state index contributed by atoms with van der Waals surface area (Å²) >= 11 is 4.19. The molecule has 0 saturated heterocycles. The largest absolute Gasteiger partial charge is 0.469 e. The Bertz CT molecular complexity index is 530. The number of aliphatic hydroxyl groups excluding tert-OH is 3. The second-order valence-corrected chi connectivity index (χ2v) is 14.4. The first kappa shape index (κ1) is 47.8. The Hall–Kier alpha value is -0.360. The van der Waals surface area contributed by atoms with Crippen LogP contribution in [0, 0.1) is 0 Å². The lowest BCUT2D eigenvalue weighted by Crippen LogP contribution is -2.37. The van der Waals surface area contributed by atoms with E-state index in [0.717, 1.165) is 25.7 Å². The molecular formula is C40H81ClO5. The first-order chi connectivity index (χ1) is 22.4. The Morgan fingerprint density at radius 1 is 0.391 bits per heavy atom. The summed E-state index contributed by atoms with van der Waals surface area (Å²) in [6.07, 6.45) is 41.4. The Balaban J connectivity index is 0. The molecule has 4 N–H and O–H groups in total. The third-order valence-electron chi connectivity index (χ3n) is 9.50. The van der Waals surface area contributed by atoms with Crippen LogP contribution in [-0.2, 0) is 0 Å². The lowest BCUT2D eigenvalue weighted by Gasteiger charge is -2.23. The molecule has 0 heterocycles. The molecule has 0 bridgehead atoms. The molecule has 0 aromatic carbocycles. The molecule has 0 spiro atoms. The number of rotatable bonds is 36. The highest BCUT2D eigenvalue weighted by Crippen LogP contribution is 2.18. The predicted molar refractivity (Wildman–Crippen MR) is 200 cm³/mol. The monoisotopic (exact) mass is 677 g/mol. The van der Waals surface area contributed by atoms with E-state index in [1.165, 1.54) is 180 Å². The molecular weight excluding hydrogens is 596 g/mol. The van der Waals surface area contributed by atoms with Gasteiger partial charge in [-0.25, -0.2) is 4.79 Å². The van der Waals surface area contributed by atoms with Crippen LogP contribution in [0.15, 0.2) is 0 Å². The summed E-state index contributed by atoms with van der Waals surface area (Å²) in [5.74, 6) is 0. The number of hydrogen-bond donors (Lipinski definition) is 4. The fourth-order valence-electron chi connectivity index (χ4n) is 6.40. The molecule has 0 amide bonds. The van der Waals surface area contributed by atoms with Crippen LogP contribution in [0.2, 0.25) is 0 Å². The maximum Gasteiger partial charge on any atom is 0.401 e. The van der Waals surface area contributed by atoms with Gasteiger partial charge in [0.15, 0.2) is 0 Å². The molecule has 0 aliphatic carbocycles. The Labute approximate surface area is 292 Å². The summed E-state index contributed by atoms with van der Waals surface area (Å²) in [6, 6.07) is 0. The van der Waals surface area contributed by atoms with Crippen molar-refractivity contribution in [2.75, 3.05) is 0 Å². The zero-order valence-electron chi connectivity index (χ0n) is 30.8. The van der Waals surface area contributed by atoms with E-state index in [2.05, 4.69) is 25.4 Å². The normalized spacial score (nSPS) is 13.3. The average Bonchev–Trinajstić information content (AvgIpc) is 3.03. The molecule has 0 aliphatic heterocycles. The van der Waals surface area contributed by atoms with Crippen molar-refractivity contribution in [1.82, 2.24) is 0 Å². The molecule has 2 atom stereocenters. The maximum absolute atomic E-state index is 10.3. The van der Waals surface area contributed by atoms with E-state index < -0.39 is 23.7 Å². The molecule has 0 aliphatic rings. The molecule has 0 rings (SSSR count). The molecule has 0 saturated carbocycles. The number of unbranched alkanes of at least 4 members (excludes halogenated alkanes) is 30. The van der Waals surface area contributed by atoms with Crippen molar-refractivity contribution in [1.29, 1.82) is 0 Å². The van der Waals surface area contributed by atoms with E-state index in [1.54, 1.807) is 0 Å². The summed E-state index contributed by atoms with van der Waals surface area (Å²) in [5, 5.41) is 38.2. The quantitative estimate of drug-likeness (QED) is 0.0391. The van der Waals surface area contributed by atoms with Crippen LogP contribution < -0.4 is 0 Å². The SMILES string of the molecule is CCCCCCCCCCCCCCCCCCC(O)C(O)C(O)CCCCCCCCCCCCCCCCCC.O=C(O)Cl. The van der Waals surface area contributed by atoms with Crippen molar-refractivity contribution in [3.63, 3.8) is 0 Å². The summed E-state index contributed by atoms with van der Waals surface area (Å²) in [4.78, 5) is 8.77. The predicted octanol–water partition coefficient (Wildman–Crippen LogP) is 13.3. The van der Waals surface area contributed by atoms with Gasteiger partial charge in [-0.2, -0.15) is 0 Å². The number of hydrogen-bond acceptors (Lipinski definition) is 4. The van der Waals surface area contributed by atoms with E-state index >= 15 is 0 Å². The van der Waals surface area contributed by atoms with Gasteiger partial charge in [-0.05, 0) is 12.8 Å². The third kappa shape index (κ3) is 41.7. The van der Waals surface area contributed by atoms with Gasteiger partial charge in [0.25, 0.3) is 0 Å². The highest BCUT2D eigenvalue weighted by Gasteiger charge is 2.23. The topological polar surface area (TPSA) is 98.0 Å². The molecule has 0 aromatic rings. The molecule has 0 radical (unpaired) electrons. The van der Waals surface area contributed by atoms with Gasteiger partial charge in [-0.1, -0.05) is 219 Å². The van der Waals surface area contributed by atoms with Crippen molar-refractivity contribution in [3.8, 4) is 0 Å². The zero-order chi connectivity index (χ0) is 34.4. The van der Waals surface area contributed by atoms with E-state index in [1.807, 2.05) is 0 Å². The van der Waals surface area contributed by atoms with Crippen LogP contribution in [0.4, 0.5) is 4.79 Å². The van der Waals surface area contributed by atoms with Crippen molar-refractivity contribution in [2.45, 2.75) is 250 Å². The highest BCUT2D eigenvalue weighted by atomic mass is 35.5. The van der Waals surface area contributed by atoms with E-state index in [4.69, 9.17) is 9.90 Å². The summed E-state index contributed by atoms with van der Waals surface area (Å²) < 4.78 is 0. The molecule has 0 fully saturated rings. The molecule has 2 unspecified atom stereocenters. The smallest absolute Gasteiger partial charge is 0.401 e. The lowest BCUT2D eigenvalue weighted by atomic mass is 9.97. The molecule has 0 aromatic heterocycles. The van der Waals surface area contributed by atoms with Crippen LogP contribution in [0.1, 0.15) is 232 Å². The van der Waals surface area contributed by atoms with Gasteiger partial charge >= 0.3 is 5.43 Å². The van der Waals surface area contributed by atoms with Gasteiger partial charge in [-0.3, -0.25) is 0 Å². The Kier molecular flexibility index (Phi) is 42.4. The minimum Gasteiger partial charge on any atom is -0.469 e. The van der Waals surface area contributed by atoms with Gasteiger partial charge in [0.1, 0.15) is 6.10 Å². The van der Waals surface area contributed by atoms with Gasteiger partial charge < -0.3 is 20.4 Å². The van der Waals surface area contributed by atoms with Crippen molar-refractivity contribution >= 4 is 17.0 Å². The second kappa shape index (κ2) is 40.8. The van der Waals surface area contributed by atoms with Crippen LogP contribution in [0.3, 0.4) is 0 Å². The summed E-state index contributed by atoms with van der Waals surface area (Å²) in [6.45, 7) is 4.57. The fraction of sp³-hybridized carbons (Fsp3) is 0.975. The zero-order valence-corrected chi connectivity index (χ0v) is 31.6. The molecule has 5 nitrogen and oxygen atoms in total. The van der Waals surface area contributed by atoms with E-state index in [0.29, 0.717) is 12.8 Å².